The van der Waals surface area contributed by atoms with E-state index in [1.165, 1.54) is 6.92 Å². The Morgan fingerprint density at radius 2 is 2.26 bits per heavy atom. The maximum Gasteiger partial charge on any atom is 0.222 e. The second-order valence-corrected chi connectivity index (χ2v) is 7.21. The van der Waals surface area contributed by atoms with Gasteiger partial charge in [-0.2, -0.15) is 0 Å². The van der Waals surface area contributed by atoms with Crippen molar-refractivity contribution in [1.82, 2.24) is 14.5 Å². The Labute approximate surface area is 156 Å². The number of carbonyl (C=O) groups excluding carboxylic acids is 1. The molecular formula is C20H20N4O3. The molecule has 0 saturated carbocycles. The summed E-state index contributed by atoms with van der Waals surface area (Å²) < 4.78 is 13.7. The molecule has 5 heterocycles. The molecular weight excluding hydrogens is 344 g/mol. The van der Waals surface area contributed by atoms with Crippen LogP contribution in [0.5, 0.6) is 0 Å². The Morgan fingerprint density at radius 1 is 1.37 bits per heavy atom. The number of aryl methyl sites for hydroxylation is 1. The third kappa shape index (κ3) is 2.54. The van der Waals surface area contributed by atoms with E-state index in [0.29, 0.717) is 25.6 Å². The average molecular weight is 364 g/mol. The highest BCUT2D eigenvalue weighted by atomic mass is 16.6. The number of nitrogens with one attached hydrogen (secondary N) is 1. The summed E-state index contributed by atoms with van der Waals surface area (Å²) in [4.78, 5) is 20.7. The predicted octanol–water partition coefficient (Wildman–Crippen LogP) is 2.74. The highest BCUT2D eigenvalue weighted by molar-refractivity contribution is 5.98. The molecule has 3 aromatic heterocycles. The van der Waals surface area contributed by atoms with Gasteiger partial charge in [0.15, 0.2) is 0 Å². The number of fused-ring (bicyclic) bond motifs is 3. The first kappa shape index (κ1) is 16.4. The molecule has 1 saturated heterocycles. The molecule has 0 radical (unpaired) electrons. The van der Waals surface area contributed by atoms with Gasteiger partial charge in [-0.15, -0.1) is 0 Å². The van der Waals surface area contributed by atoms with E-state index >= 15 is 0 Å². The summed E-state index contributed by atoms with van der Waals surface area (Å²) >= 11 is 0. The van der Waals surface area contributed by atoms with E-state index < -0.39 is 5.60 Å². The molecule has 5 rings (SSSR count). The molecule has 0 bridgehead atoms. The monoisotopic (exact) mass is 364 g/mol. The van der Waals surface area contributed by atoms with Gasteiger partial charge in [-0.1, -0.05) is 6.07 Å². The molecule has 1 spiro atoms. The fraction of sp³-hybridized carbons (Fsp3) is 0.350. The van der Waals surface area contributed by atoms with Gasteiger partial charge in [0.2, 0.25) is 5.91 Å². The quantitative estimate of drug-likeness (QED) is 0.756. The van der Waals surface area contributed by atoms with Crippen LogP contribution in [0.3, 0.4) is 0 Å². The van der Waals surface area contributed by atoms with E-state index in [2.05, 4.69) is 16.4 Å². The number of aromatic nitrogens is 3. The Balaban J connectivity index is 1.65. The van der Waals surface area contributed by atoms with E-state index in [-0.39, 0.29) is 5.91 Å². The number of rotatable bonds is 2. The van der Waals surface area contributed by atoms with Crippen molar-refractivity contribution in [3.8, 4) is 11.3 Å². The number of anilines is 1. The van der Waals surface area contributed by atoms with Crippen LogP contribution in [0, 0.1) is 0 Å². The fourth-order valence-electron chi connectivity index (χ4n) is 4.01. The first-order valence-electron chi connectivity index (χ1n) is 9.01. The van der Waals surface area contributed by atoms with Gasteiger partial charge in [0.25, 0.3) is 0 Å². The van der Waals surface area contributed by atoms with Crippen LogP contribution in [-0.2, 0) is 33.5 Å². The summed E-state index contributed by atoms with van der Waals surface area (Å²) in [6, 6.07) is 6.02. The number of pyridine rings is 2. The molecule has 0 aliphatic carbocycles. The normalized spacial score (nSPS) is 21.1. The second-order valence-electron chi connectivity index (χ2n) is 7.21. The molecule has 7 nitrogen and oxygen atoms in total. The minimum Gasteiger partial charge on any atom is -0.378 e. The summed E-state index contributed by atoms with van der Waals surface area (Å²) in [7, 11) is 1.98. The van der Waals surface area contributed by atoms with Gasteiger partial charge >= 0.3 is 0 Å². The van der Waals surface area contributed by atoms with E-state index in [4.69, 9.17) is 14.5 Å². The zero-order chi connectivity index (χ0) is 18.6. The molecule has 2 aliphatic heterocycles. The molecule has 3 aromatic rings. The Bertz CT molecular complexity index is 1070. The molecule has 1 N–H and O–H groups in total. The predicted molar refractivity (Wildman–Crippen MR) is 100 cm³/mol. The third-order valence-corrected chi connectivity index (χ3v) is 5.36. The van der Waals surface area contributed by atoms with Gasteiger partial charge in [0, 0.05) is 49.7 Å². The number of hydrogen-bond donors (Lipinski definition) is 1. The highest BCUT2D eigenvalue weighted by Gasteiger charge is 2.45. The number of carbonyl (C=O) groups is 1. The molecule has 1 atom stereocenters. The number of nitrogens with zero attached hydrogens (tertiary/aromatic N) is 3. The minimum absolute atomic E-state index is 0.143. The van der Waals surface area contributed by atoms with Crippen LogP contribution in [0.4, 0.5) is 5.82 Å². The Morgan fingerprint density at radius 3 is 3.04 bits per heavy atom. The van der Waals surface area contributed by atoms with Crippen molar-refractivity contribution in [2.45, 2.75) is 25.6 Å². The van der Waals surface area contributed by atoms with Crippen LogP contribution < -0.4 is 5.32 Å². The third-order valence-electron chi connectivity index (χ3n) is 5.36. The maximum absolute atomic E-state index is 11.4. The zero-order valence-corrected chi connectivity index (χ0v) is 15.3. The molecule has 2 aliphatic rings. The minimum atomic E-state index is -0.404. The second kappa shape index (κ2) is 5.87. The fourth-order valence-corrected chi connectivity index (χ4v) is 4.01. The van der Waals surface area contributed by atoms with Crippen LogP contribution in [0.15, 0.2) is 30.6 Å². The van der Waals surface area contributed by atoms with Crippen LogP contribution in [0.1, 0.15) is 24.6 Å². The average Bonchev–Trinajstić information content (AvgIpc) is 3.35. The number of hydrogen-bond acceptors (Lipinski definition) is 5. The molecule has 1 unspecified atom stereocenters. The summed E-state index contributed by atoms with van der Waals surface area (Å²) in [6.07, 6.45) is 4.65. The summed E-state index contributed by atoms with van der Waals surface area (Å²) in [5, 5.41) is 3.75. The van der Waals surface area contributed by atoms with E-state index in [0.717, 1.165) is 39.8 Å². The zero-order valence-electron chi connectivity index (χ0n) is 15.3. The molecule has 0 aromatic carbocycles. The van der Waals surface area contributed by atoms with Crippen LogP contribution in [-0.4, -0.2) is 33.7 Å². The van der Waals surface area contributed by atoms with E-state index in [1.54, 1.807) is 6.20 Å². The van der Waals surface area contributed by atoms with Gasteiger partial charge in [-0.05, 0) is 12.1 Å². The van der Waals surface area contributed by atoms with Crippen molar-refractivity contribution in [1.29, 1.82) is 0 Å². The van der Waals surface area contributed by atoms with Crippen molar-refractivity contribution in [2.24, 2.45) is 7.05 Å². The summed E-state index contributed by atoms with van der Waals surface area (Å²) in [6.45, 7) is 3.31. The lowest BCUT2D eigenvalue weighted by atomic mass is 9.96. The van der Waals surface area contributed by atoms with E-state index in [9.17, 15) is 4.79 Å². The van der Waals surface area contributed by atoms with Crippen LogP contribution >= 0.6 is 0 Å². The van der Waals surface area contributed by atoms with Crippen LogP contribution in [0.25, 0.3) is 22.2 Å². The first-order valence-corrected chi connectivity index (χ1v) is 9.01. The number of ether oxygens (including phenoxy) is 2. The molecule has 138 valence electrons. The molecule has 7 heteroatoms. The van der Waals surface area contributed by atoms with Gasteiger partial charge in [0.05, 0.1) is 36.3 Å². The van der Waals surface area contributed by atoms with Gasteiger partial charge in [-0.3, -0.25) is 4.79 Å². The Hall–Kier alpha value is -2.77. The first-order chi connectivity index (χ1) is 13.1. The van der Waals surface area contributed by atoms with Crippen molar-refractivity contribution in [2.75, 3.05) is 18.5 Å². The van der Waals surface area contributed by atoms with Crippen molar-refractivity contribution in [3.05, 3.63) is 41.9 Å². The van der Waals surface area contributed by atoms with Crippen LogP contribution in [0.2, 0.25) is 0 Å². The summed E-state index contributed by atoms with van der Waals surface area (Å²) in [5.41, 5.74) is 4.59. The highest BCUT2D eigenvalue weighted by Crippen LogP contribution is 2.42. The topological polar surface area (TPSA) is 78.3 Å². The van der Waals surface area contributed by atoms with E-state index in [1.807, 2.05) is 29.9 Å². The molecule has 1 amide bonds. The number of amides is 1. The molecule has 27 heavy (non-hydrogen) atoms. The summed E-state index contributed by atoms with van der Waals surface area (Å²) in [5.74, 6) is 0.392. The lowest BCUT2D eigenvalue weighted by Gasteiger charge is -2.20. The largest absolute Gasteiger partial charge is 0.378 e. The van der Waals surface area contributed by atoms with Gasteiger partial charge in [-0.25, -0.2) is 9.97 Å². The van der Waals surface area contributed by atoms with Gasteiger partial charge in [0.1, 0.15) is 11.4 Å². The van der Waals surface area contributed by atoms with Gasteiger partial charge < -0.3 is 19.4 Å². The smallest absolute Gasteiger partial charge is 0.222 e. The maximum atomic E-state index is 11.4. The standard InChI is InChI=1S/C20H20N4O3/c1-12(25)22-18-7-14-15(9-24(2)17(14)8-21-18)16-4-3-13-10-27-20(19(13)23-16)5-6-26-11-20/h3-4,7-9H,5-6,10-11H2,1-2H3,(H,21,22,25). The SMILES string of the molecule is CC(=O)Nc1cc2c(-c3ccc4c(n3)C3(CCOC3)OC4)cn(C)c2cn1. The van der Waals surface area contributed by atoms with Crippen molar-refractivity contribution >= 4 is 22.6 Å². The van der Waals surface area contributed by atoms with Crippen molar-refractivity contribution in [3.63, 3.8) is 0 Å². The lowest BCUT2D eigenvalue weighted by molar-refractivity contribution is -0.114. The Kier molecular flexibility index (Phi) is 3.57. The lowest BCUT2D eigenvalue weighted by Crippen LogP contribution is -2.26. The van der Waals surface area contributed by atoms with Crippen molar-refractivity contribution < 1.29 is 14.3 Å². The molecule has 1 fully saturated rings.